The normalized spacial score (nSPS) is 20.2. The topological polar surface area (TPSA) is 93.7 Å². The molecule has 2 aliphatic rings. The van der Waals surface area contributed by atoms with Crippen molar-refractivity contribution in [3.63, 3.8) is 0 Å². The molecule has 7 nitrogen and oxygen atoms in total. The summed E-state index contributed by atoms with van der Waals surface area (Å²) in [5, 5.41) is 0. The third-order valence-electron chi connectivity index (χ3n) is 5.83. The van der Waals surface area contributed by atoms with Crippen molar-refractivity contribution in [1.82, 2.24) is 14.9 Å². The molecule has 1 aliphatic carbocycles. The van der Waals surface area contributed by atoms with Crippen molar-refractivity contribution in [2.45, 2.75) is 31.2 Å². The number of nitrogens with zero attached hydrogens (tertiary/aromatic N) is 4. The van der Waals surface area contributed by atoms with Crippen LogP contribution in [0.25, 0.3) is 11.1 Å². The maximum Gasteiger partial charge on any atom is 0.266 e. The maximum atomic E-state index is 14.6. The number of carbonyl (C=O) groups is 1. The molecule has 9 heteroatoms. The Morgan fingerprint density at radius 2 is 1.97 bits per heavy atom. The lowest BCUT2D eigenvalue weighted by molar-refractivity contribution is -0.129. The van der Waals surface area contributed by atoms with Crippen LogP contribution in [0.15, 0.2) is 59.9 Å². The lowest BCUT2D eigenvalue weighted by atomic mass is 9.81. The van der Waals surface area contributed by atoms with Crippen molar-refractivity contribution in [1.29, 1.82) is 0 Å². The van der Waals surface area contributed by atoms with E-state index in [1.807, 2.05) is 0 Å². The minimum atomic E-state index is -1.60. The van der Waals surface area contributed by atoms with E-state index in [2.05, 4.69) is 15.0 Å². The first-order chi connectivity index (χ1) is 15.9. The molecule has 1 saturated carbocycles. The molecule has 2 N–H and O–H groups in total. The van der Waals surface area contributed by atoms with Crippen LogP contribution in [0.3, 0.4) is 0 Å². The first-order valence-corrected chi connectivity index (χ1v) is 10.5. The van der Waals surface area contributed by atoms with Crippen molar-refractivity contribution in [3.8, 4) is 16.9 Å². The number of carbonyl (C=O) groups excluding carboxylic acids is 1. The minimum absolute atomic E-state index is 0.0150. The van der Waals surface area contributed by atoms with Gasteiger partial charge in [0.25, 0.3) is 5.91 Å². The van der Waals surface area contributed by atoms with Gasteiger partial charge in [0.2, 0.25) is 5.95 Å². The van der Waals surface area contributed by atoms with Crippen LogP contribution in [0.1, 0.15) is 29.7 Å². The molecule has 0 spiro atoms. The molecule has 0 saturated heterocycles. The van der Waals surface area contributed by atoms with Gasteiger partial charge in [-0.25, -0.2) is 14.4 Å². The Morgan fingerprint density at radius 1 is 1.15 bits per heavy atom. The second kappa shape index (κ2) is 7.91. The summed E-state index contributed by atoms with van der Waals surface area (Å²) in [5.41, 5.74) is 6.18. The number of rotatable bonds is 6. The molecule has 3 aromatic rings. The monoisotopic (exact) mass is 449 g/mol. The Balaban J connectivity index is 1.77. The molecule has 33 heavy (non-hydrogen) atoms. The summed E-state index contributed by atoms with van der Waals surface area (Å²) in [6.07, 6.45) is 4.70. The second-order valence-electron chi connectivity index (χ2n) is 8.12. The van der Waals surface area contributed by atoms with E-state index in [1.54, 1.807) is 36.4 Å². The molecule has 0 bridgehead atoms. The molecule has 1 aliphatic heterocycles. The van der Waals surface area contributed by atoms with Gasteiger partial charge in [-0.3, -0.25) is 14.7 Å². The number of amides is 1. The number of hydrogen-bond donors (Lipinski definition) is 1. The molecular weight excluding hydrogens is 428 g/mol. The average molecular weight is 449 g/mol. The number of benzene rings is 1. The SMILES string of the molecule is CN1C(=O)C(c2cc(OC3CC3)cc(-c3cccnc3F)c2)(c2ccnc(CF)c2)N=C1N. The third kappa shape index (κ3) is 3.59. The van der Waals surface area contributed by atoms with Gasteiger partial charge in [0.05, 0.1) is 11.8 Å². The Kier molecular flexibility index (Phi) is 5.03. The molecule has 2 aromatic heterocycles. The summed E-state index contributed by atoms with van der Waals surface area (Å²) >= 11 is 0. The van der Waals surface area contributed by atoms with E-state index in [-0.39, 0.29) is 23.3 Å². The Labute approximate surface area is 188 Å². The Bertz CT molecular complexity index is 1280. The summed E-state index contributed by atoms with van der Waals surface area (Å²) in [5.74, 6) is -0.579. The molecule has 1 unspecified atom stereocenters. The van der Waals surface area contributed by atoms with E-state index >= 15 is 0 Å². The highest BCUT2D eigenvalue weighted by Crippen LogP contribution is 2.43. The van der Waals surface area contributed by atoms with E-state index in [9.17, 15) is 13.6 Å². The number of aliphatic imine (C=N–C) groups is 1. The third-order valence-corrected chi connectivity index (χ3v) is 5.83. The highest BCUT2D eigenvalue weighted by molar-refractivity contribution is 6.09. The highest BCUT2D eigenvalue weighted by Gasteiger charge is 2.50. The van der Waals surface area contributed by atoms with Gasteiger partial charge in [0.1, 0.15) is 12.4 Å². The number of nitrogens with two attached hydrogens (primary N) is 1. The Morgan fingerprint density at radius 3 is 2.64 bits per heavy atom. The van der Waals surface area contributed by atoms with E-state index in [4.69, 9.17) is 10.5 Å². The number of guanidine groups is 1. The number of hydrogen-bond acceptors (Lipinski definition) is 6. The fourth-order valence-corrected chi connectivity index (χ4v) is 3.97. The summed E-state index contributed by atoms with van der Waals surface area (Å²) in [4.78, 5) is 27.1. The summed E-state index contributed by atoms with van der Waals surface area (Å²) in [7, 11) is 1.52. The molecule has 0 radical (unpaired) electrons. The largest absolute Gasteiger partial charge is 0.490 e. The fourth-order valence-electron chi connectivity index (χ4n) is 3.97. The van der Waals surface area contributed by atoms with Crippen LogP contribution in [-0.4, -0.2) is 39.9 Å². The van der Waals surface area contributed by atoms with E-state index in [1.165, 1.54) is 30.4 Å². The summed E-state index contributed by atoms with van der Waals surface area (Å²) < 4.78 is 34.0. The van der Waals surface area contributed by atoms with Gasteiger partial charge in [-0.2, -0.15) is 4.39 Å². The van der Waals surface area contributed by atoms with Crippen LogP contribution in [0.4, 0.5) is 8.78 Å². The quantitative estimate of drug-likeness (QED) is 0.583. The van der Waals surface area contributed by atoms with Gasteiger partial charge in [0, 0.05) is 25.0 Å². The standard InChI is InChI=1S/C24H21F2N5O2/c1-31-22(32)24(30-23(31)27,15-6-8-28-17(11-15)13-25)16-9-14(20-3-2-7-29-21(20)26)10-19(12-16)33-18-4-5-18/h2-3,6-12,18H,4-5,13H2,1H3,(H2,27,30). The van der Waals surface area contributed by atoms with Crippen LogP contribution in [-0.2, 0) is 17.0 Å². The number of halogens is 2. The smallest absolute Gasteiger partial charge is 0.266 e. The van der Waals surface area contributed by atoms with Gasteiger partial charge < -0.3 is 10.5 Å². The Hall–Kier alpha value is -3.88. The first kappa shape index (κ1) is 21.0. The molecule has 3 heterocycles. The predicted molar refractivity (Wildman–Crippen MR) is 118 cm³/mol. The number of likely N-dealkylation sites (N-methyl/N-ethyl adjacent to an activating group) is 1. The van der Waals surface area contributed by atoms with Gasteiger partial charge in [0.15, 0.2) is 11.5 Å². The van der Waals surface area contributed by atoms with Crippen molar-refractivity contribution in [2.24, 2.45) is 10.7 Å². The van der Waals surface area contributed by atoms with Crippen LogP contribution < -0.4 is 10.5 Å². The summed E-state index contributed by atoms with van der Waals surface area (Å²) in [6, 6.07) is 11.4. The number of aromatic nitrogens is 2. The molecule has 1 atom stereocenters. The molecule has 1 amide bonds. The molecule has 168 valence electrons. The van der Waals surface area contributed by atoms with Gasteiger partial charge >= 0.3 is 0 Å². The first-order valence-electron chi connectivity index (χ1n) is 10.5. The minimum Gasteiger partial charge on any atom is -0.490 e. The van der Waals surface area contributed by atoms with Crippen LogP contribution >= 0.6 is 0 Å². The average Bonchev–Trinajstić information content (AvgIpc) is 3.61. The molecule has 1 fully saturated rings. The van der Waals surface area contributed by atoms with Crippen LogP contribution in [0, 0.1) is 5.95 Å². The van der Waals surface area contributed by atoms with E-state index in [0.29, 0.717) is 22.4 Å². The van der Waals surface area contributed by atoms with Gasteiger partial charge in [-0.15, -0.1) is 0 Å². The van der Waals surface area contributed by atoms with Crippen LogP contribution in [0.5, 0.6) is 5.75 Å². The lowest BCUT2D eigenvalue weighted by Crippen LogP contribution is -2.41. The highest BCUT2D eigenvalue weighted by atomic mass is 19.1. The van der Waals surface area contributed by atoms with Gasteiger partial charge in [-0.05, 0) is 72.0 Å². The zero-order valence-electron chi connectivity index (χ0n) is 17.8. The van der Waals surface area contributed by atoms with Gasteiger partial charge in [-0.1, -0.05) is 0 Å². The predicted octanol–water partition coefficient (Wildman–Crippen LogP) is 3.32. The van der Waals surface area contributed by atoms with Crippen LogP contribution in [0.2, 0.25) is 0 Å². The number of ether oxygens (including phenoxy) is 1. The molecule has 5 rings (SSSR count). The second-order valence-corrected chi connectivity index (χ2v) is 8.12. The van der Waals surface area contributed by atoms with Crippen molar-refractivity contribution in [3.05, 3.63) is 77.6 Å². The van der Waals surface area contributed by atoms with Crippen molar-refractivity contribution < 1.29 is 18.3 Å². The van der Waals surface area contributed by atoms with E-state index < -0.39 is 24.1 Å². The number of pyridine rings is 2. The maximum absolute atomic E-state index is 14.6. The fraction of sp³-hybridized carbons (Fsp3) is 0.250. The zero-order valence-corrected chi connectivity index (χ0v) is 17.8. The van der Waals surface area contributed by atoms with E-state index in [0.717, 1.165) is 12.8 Å². The van der Waals surface area contributed by atoms with Crippen molar-refractivity contribution >= 4 is 11.9 Å². The lowest BCUT2D eigenvalue weighted by Gasteiger charge is -2.27. The number of alkyl halides is 1. The molecular formula is C24H21F2N5O2. The molecule has 1 aromatic carbocycles. The van der Waals surface area contributed by atoms with Crippen molar-refractivity contribution in [2.75, 3.05) is 7.05 Å². The zero-order chi connectivity index (χ0) is 23.2. The summed E-state index contributed by atoms with van der Waals surface area (Å²) in [6.45, 7) is -0.801.